The second-order valence-corrected chi connectivity index (χ2v) is 5.32. The van der Waals surface area contributed by atoms with Gasteiger partial charge in [0.1, 0.15) is 0 Å². The van der Waals surface area contributed by atoms with Crippen molar-refractivity contribution in [2.75, 3.05) is 31.7 Å². The van der Waals surface area contributed by atoms with Crippen LogP contribution in [0.5, 0.6) is 0 Å². The first-order valence-corrected chi connectivity index (χ1v) is 7.64. The van der Waals surface area contributed by atoms with Gasteiger partial charge in [0.15, 0.2) is 0 Å². The molecule has 1 aliphatic heterocycles. The Morgan fingerprint density at radius 2 is 1.73 bits per heavy atom. The molecule has 1 aliphatic rings. The van der Waals surface area contributed by atoms with Crippen molar-refractivity contribution in [1.82, 2.24) is 4.90 Å². The largest absolute Gasteiger partial charge is 0.379 e. The van der Waals surface area contributed by atoms with Crippen LogP contribution in [0.3, 0.4) is 0 Å². The van der Waals surface area contributed by atoms with Gasteiger partial charge >= 0.3 is 0 Å². The van der Waals surface area contributed by atoms with E-state index in [4.69, 9.17) is 4.74 Å². The summed E-state index contributed by atoms with van der Waals surface area (Å²) < 4.78 is 5.40. The van der Waals surface area contributed by atoms with Crippen LogP contribution in [-0.2, 0) is 11.3 Å². The summed E-state index contributed by atoms with van der Waals surface area (Å²) in [5.74, 6) is 0. The molecule has 0 bridgehead atoms. The minimum Gasteiger partial charge on any atom is -0.379 e. The lowest BCUT2D eigenvalue weighted by atomic mass is 10.1. The molecule has 1 saturated heterocycles. The third-order valence-electron chi connectivity index (χ3n) is 3.72. The van der Waals surface area contributed by atoms with E-state index in [9.17, 15) is 0 Å². The maximum Gasteiger partial charge on any atom is 0.0594 e. The van der Waals surface area contributed by atoms with Gasteiger partial charge in [-0.25, -0.2) is 0 Å². The highest BCUT2D eigenvalue weighted by molar-refractivity contribution is 5.82. The number of nitrogens with one attached hydrogen (secondary N) is 1. The maximum atomic E-state index is 5.40. The van der Waals surface area contributed by atoms with E-state index in [1.807, 2.05) is 42.6 Å². The quantitative estimate of drug-likeness (QED) is 0.680. The Labute approximate surface area is 131 Å². The smallest absolute Gasteiger partial charge is 0.0594 e. The van der Waals surface area contributed by atoms with Crippen LogP contribution in [0.2, 0.25) is 0 Å². The van der Waals surface area contributed by atoms with Crippen LogP contribution >= 0.6 is 0 Å². The summed E-state index contributed by atoms with van der Waals surface area (Å²) in [7, 11) is 0. The second kappa shape index (κ2) is 7.73. The van der Waals surface area contributed by atoms with Gasteiger partial charge in [0.25, 0.3) is 0 Å². The van der Waals surface area contributed by atoms with E-state index in [0.29, 0.717) is 0 Å². The fourth-order valence-electron chi connectivity index (χ4n) is 2.49. The van der Waals surface area contributed by atoms with Crippen LogP contribution < -0.4 is 5.43 Å². The number of benzene rings is 2. The molecule has 1 heterocycles. The van der Waals surface area contributed by atoms with Gasteiger partial charge in [0, 0.05) is 19.6 Å². The molecule has 4 nitrogen and oxygen atoms in total. The molecule has 1 fully saturated rings. The monoisotopic (exact) mass is 295 g/mol. The zero-order valence-corrected chi connectivity index (χ0v) is 12.6. The highest BCUT2D eigenvalue weighted by Gasteiger charge is 2.11. The Kier molecular flexibility index (Phi) is 5.18. The Morgan fingerprint density at radius 3 is 2.55 bits per heavy atom. The van der Waals surface area contributed by atoms with Crippen LogP contribution in [0, 0.1) is 0 Å². The fourth-order valence-corrected chi connectivity index (χ4v) is 2.49. The SMILES string of the molecule is C(=NNc1ccccc1)c1ccccc1CN1CCOCC1. The van der Waals surface area contributed by atoms with E-state index in [1.165, 1.54) is 5.56 Å². The van der Waals surface area contributed by atoms with Crippen molar-refractivity contribution >= 4 is 11.9 Å². The Bertz CT molecular complexity index is 607. The zero-order valence-electron chi connectivity index (χ0n) is 12.6. The van der Waals surface area contributed by atoms with Crippen molar-refractivity contribution in [1.29, 1.82) is 0 Å². The van der Waals surface area contributed by atoms with Crippen molar-refractivity contribution in [3.05, 3.63) is 65.7 Å². The van der Waals surface area contributed by atoms with Gasteiger partial charge in [-0.05, 0) is 23.3 Å². The summed E-state index contributed by atoms with van der Waals surface area (Å²) in [4.78, 5) is 2.42. The van der Waals surface area contributed by atoms with Crippen LogP contribution in [0.1, 0.15) is 11.1 Å². The van der Waals surface area contributed by atoms with Crippen LogP contribution in [0.4, 0.5) is 5.69 Å². The topological polar surface area (TPSA) is 36.9 Å². The van der Waals surface area contributed by atoms with Crippen LogP contribution in [-0.4, -0.2) is 37.4 Å². The van der Waals surface area contributed by atoms with E-state index in [-0.39, 0.29) is 0 Å². The number of rotatable bonds is 5. The van der Waals surface area contributed by atoms with Gasteiger partial charge in [-0.15, -0.1) is 0 Å². The summed E-state index contributed by atoms with van der Waals surface area (Å²) in [6.07, 6.45) is 1.89. The summed E-state index contributed by atoms with van der Waals surface area (Å²) >= 11 is 0. The van der Waals surface area contributed by atoms with Crippen molar-refractivity contribution in [2.24, 2.45) is 5.10 Å². The molecule has 0 spiro atoms. The highest BCUT2D eigenvalue weighted by atomic mass is 16.5. The molecule has 4 heteroatoms. The van der Waals surface area contributed by atoms with E-state index in [1.54, 1.807) is 0 Å². The molecular formula is C18H21N3O. The highest BCUT2D eigenvalue weighted by Crippen LogP contribution is 2.12. The minimum absolute atomic E-state index is 0.825. The molecule has 0 atom stereocenters. The molecule has 114 valence electrons. The van der Waals surface area contributed by atoms with Crippen molar-refractivity contribution in [3.63, 3.8) is 0 Å². The number of nitrogens with zero attached hydrogens (tertiary/aromatic N) is 2. The van der Waals surface area contributed by atoms with Crippen LogP contribution in [0.15, 0.2) is 59.7 Å². The number of para-hydroxylation sites is 1. The summed E-state index contributed by atoms with van der Waals surface area (Å²) in [6.45, 7) is 4.58. The van der Waals surface area contributed by atoms with Crippen molar-refractivity contribution < 1.29 is 4.74 Å². The van der Waals surface area contributed by atoms with Gasteiger partial charge in [-0.1, -0.05) is 42.5 Å². The summed E-state index contributed by atoms with van der Waals surface area (Å²) in [5, 5.41) is 4.35. The summed E-state index contributed by atoms with van der Waals surface area (Å²) in [6, 6.07) is 18.4. The summed E-state index contributed by atoms with van der Waals surface area (Å²) in [5.41, 5.74) is 6.49. The molecule has 1 N–H and O–H groups in total. The Balaban J connectivity index is 1.65. The Morgan fingerprint density at radius 1 is 1.00 bits per heavy atom. The molecule has 0 amide bonds. The molecule has 2 aromatic carbocycles. The number of hydrogen-bond donors (Lipinski definition) is 1. The number of morpholine rings is 1. The van der Waals surface area contributed by atoms with E-state index < -0.39 is 0 Å². The van der Waals surface area contributed by atoms with E-state index in [0.717, 1.165) is 44.1 Å². The molecule has 0 aliphatic carbocycles. The lowest BCUT2D eigenvalue weighted by Crippen LogP contribution is -2.35. The van der Waals surface area contributed by atoms with E-state index >= 15 is 0 Å². The standard InChI is InChI=1S/C18H21N3O/c1-2-8-18(9-3-1)20-19-14-16-6-4-5-7-17(16)15-21-10-12-22-13-11-21/h1-9,14,20H,10-13,15H2. The van der Waals surface area contributed by atoms with Crippen molar-refractivity contribution in [3.8, 4) is 0 Å². The predicted molar refractivity (Wildman–Crippen MR) is 90.2 cm³/mol. The predicted octanol–water partition coefficient (Wildman–Crippen LogP) is 2.96. The maximum absolute atomic E-state index is 5.40. The van der Waals surface area contributed by atoms with Gasteiger partial charge in [-0.2, -0.15) is 5.10 Å². The number of ether oxygens (including phenoxy) is 1. The van der Waals surface area contributed by atoms with Crippen molar-refractivity contribution in [2.45, 2.75) is 6.54 Å². The number of hydrazone groups is 1. The fraction of sp³-hybridized carbons (Fsp3) is 0.278. The van der Waals surface area contributed by atoms with Gasteiger partial charge < -0.3 is 4.74 Å². The molecule has 3 rings (SSSR count). The molecule has 22 heavy (non-hydrogen) atoms. The minimum atomic E-state index is 0.825. The molecule has 2 aromatic rings. The lowest BCUT2D eigenvalue weighted by molar-refractivity contribution is 0.0342. The third-order valence-corrected chi connectivity index (χ3v) is 3.72. The zero-order chi connectivity index (χ0) is 15.0. The van der Waals surface area contributed by atoms with Gasteiger partial charge in [0.2, 0.25) is 0 Å². The third kappa shape index (κ3) is 4.16. The first-order valence-electron chi connectivity index (χ1n) is 7.64. The normalized spacial score (nSPS) is 16.0. The molecular weight excluding hydrogens is 274 g/mol. The van der Waals surface area contributed by atoms with E-state index in [2.05, 4.69) is 33.6 Å². The molecule has 0 unspecified atom stereocenters. The number of hydrogen-bond acceptors (Lipinski definition) is 4. The first kappa shape index (κ1) is 14.8. The van der Waals surface area contributed by atoms with Gasteiger partial charge in [0.05, 0.1) is 25.1 Å². The first-order chi connectivity index (χ1) is 10.9. The Hall–Kier alpha value is -2.17. The second-order valence-electron chi connectivity index (χ2n) is 5.32. The average Bonchev–Trinajstić information content (AvgIpc) is 2.58. The lowest BCUT2D eigenvalue weighted by Gasteiger charge is -2.27. The molecule has 0 saturated carbocycles. The molecule has 0 aromatic heterocycles. The van der Waals surface area contributed by atoms with Crippen LogP contribution in [0.25, 0.3) is 0 Å². The number of anilines is 1. The average molecular weight is 295 g/mol. The molecule has 0 radical (unpaired) electrons. The van der Waals surface area contributed by atoms with Gasteiger partial charge in [-0.3, -0.25) is 10.3 Å².